The molecule has 0 amide bonds. The first-order chi connectivity index (χ1) is 7.67. The summed E-state index contributed by atoms with van der Waals surface area (Å²) in [5.41, 5.74) is 7.28. The van der Waals surface area contributed by atoms with E-state index in [2.05, 4.69) is 18.9 Å². The summed E-state index contributed by atoms with van der Waals surface area (Å²) in [6.45, 7) is 4.13. The van der Waals surface area contributed by atoms with E-state index in [0.29, 0.717) is 0 Å². The van der Waals surface area contributed by atoms with E-state index in [1.807, 2.05) is 24.3 Å². The van der Waals surface area contributed by atoms with E-state index in [1.54, 1.807) is 7.11 Å². The Bertz CT molecular complexity index is 315. The van der Waals surface area contributed by atoms with Crippen LogP contribution in [0.2, 0.25) is 0 Å². The first-order valence-electron chi connectivity index (χ1n) is 5.75. The van der Waals surface area contributed by atoms with Crippen LogP contribution in [0.1, 0.15) is 24.9 Å². The molecule has 1 rings (SSSR count). The highest BCUT2D eigenvalue weighted by molar-refractivity contribution is 5.30. The van der Waals surface area contributed by atoms with E-state index in [1.165, 1.54) is 0 Å². The Hall–Kier alpha value is -1.06. The van der Waals surface area contributed by atoms with Gasteiger partial charge in [-0.2, -0.15) is 0 Å². The van der Waals surface area contributed by atoms with Gasteiger partial charge in [-0.1, -0.05) is 19.1 Å². The Morgan fingerprint density at radius 3 is 2.81 bits per heavy atom. The van der Waals surface area contributed by atoms with Crippen LogP contribution in [0.4, 0.5) is 0 Å². The molecule has 0 radical (unpaired) electrons. The van der Waals surface area contributed by atoms with Crippen molar-refractivity contribution in [3.05, 3.63) is 29.8 Å². The second-order valence-electron chi connectivity index (χ2n) is 4.15. The van der Waals surface area contributed by atoms with Gasteiger partial charge in [0.15, 0.2) is 0 Å². The molecule has 2 N–H and O–H groups in total. The lowest BCUT2D eigenvalue weighted by molar-refractivity contribution is 0.313. The zero-order valence-corrected chi connectivity index (χ0v) is 10.4. The molecule has 0 saturated heterocycles. The van der Waals surface area contributed by atoms with E-state index in [9.17, 15) is 0 Å². The van der Waals surface area contributed by atoms with Crippen LogP contribution in [-0.2, 0) is 0 Å². The number of likely N-dealkylation sites (N-methyl/N-ethyl adjacent to an activating group) is 1. The molecular weight excluding hydrogens is 200 g/mol. The number of hydrogen-bond donors (Lipinski definition) is 1. The zero-order valence-electron chi connectivity index (χ0n) is 10.4. The molecule has 0 heterocycles. The van der Waals surface area contributed by atoms with Crippen LogP contribution < -0.4 is 10.5 Å². The largest absolute Gasteiger partial charge is 0.497 e. The number of rotatable bonds is 6. The van der Waals surface area contributed by atoms with E-state index in [-0.39, 0.29) is 6.04 Å². The minimum absolute atomic E-state index is 0.0478. The average Bonchev–Trinajstić information content (AvgIpc) is 2.29. The van der Waals surface area contributed by atoms with E-state index in [0.717, 1.165) is 30.8 Å². The molecule has 0 spiro atoms. The molecule has 1 aromatic carbocycles. The third-order valence-corrected chi connectivity index (χ3v) is 2.64. The normalized spacial score (nSPS) is 12.8. The van der Waals surface area contributed by atoms with Crippen LogP contribution >= 0.6 is 0 Å². The summed E-state index contributed by atoms with van der Waals surface area (Å²) < 4.78 is 5.19. The summed E-state index contributed by atoms with van der Waals surface area (Å²) >= 11 is 0. The molecule has 16 heavy (non-hydrogen) atoms. The predicted octanol–water partition coefficient (Wildman–Crippen LogP) is 2.04. The molecule has 0 aromatic heterocycles. The Morgan fingerprint density at radius 2 is 2.19 bits per heavy atom. The maximum absolute atomic E-state index is 6.15. The maximum atomic E-state index is 6.15. The number of methoxy groups -OCH3 is 1. The summed E-state index contributed by atoms with van der Waals surface area (Å²) in [6.07, 6.45) is 1.15. The van der Waals surface area contributed by atoms with Crippen LogP contribution in [0.25, 0.3) is 0 Å². The van der Waals surface area contributed by atoms with Crippen LogP contribution in [-0.4, -0.2) is 32.1 Å². The van der Waals surface area contributed by atoms with Gasteiger partial charge in [-0.3, -0.25) is 0 Å². The molecule has 1 atom stereocenters. The van der Waals surface area contributed by atoms with Crippen molar-refractivity contribution >= 4 is 0 Å². The van der Waals surface area contributed by atoms with Crippen molar-refractivity contribution in [3.63, 3.8) is 0 Å². The van der Waals surface area contributed by atoms with E-state index >= 15 is 0 Å². The average molecular weight is 222 g/mol. The van der Waals surface area contributed by atoms with Crippen molar-refractivity contribution in [1.29, 1.82) is 0 Å². The SMILES string of the molecule is CCCN(C)CC(N)c1cccc(OC)c1. The third kappa shape index (κ3) is 3.83. The second kappa shape index (κ2) is 6.51. The van der Waals surface area contributed by atoms with E-state index < -0.39 is 0 Å². The molecule has 0 aliphatic carbocycles. The molecule has 3 nitrogen and oxygen atoms in total. The standard InChI is InChI=1S/C13H22N2O/c1-4-8-15(2)10-13(14)11-6-5-7-12(9-11)16-3/h5-7,9,13H,4,8,10,14H2,1-3H3. The van der Waals surface area contributed by atoms with Gasteiger partial charge in [0.25, 0.3) is 0 Å². The molecular formula is C13H22N2O. The summed E-state index contributed by atoms with van der Waals surface area (Å²) in [4.78, 5) is 2.25. The van der Waals surface area contributed by atoms with Crippen LogP contribution in [0, 0.1) is 0 Å². The fourth-order valence-corrected chi connectivity index (χ4v) is 1.79. The van der Waals surface area contributed by atoms with Gasteiger partial charge in [0, 0.05) is 12.6 Å². The van der Waals surface area contributed by atoms with Gasteiger partial charge in [0.1, 0.15) is 5.75 Å². The molecule has 0 fully saturated rings. The van der Waals surface area contributed by atoms with Gasteiger partial charge in [-0.25, -0.2) is 0 Å². The molecule has 90 valence electrons. The number of ether oxygens (including phenoxy) is 1. The summed E-state index contributed by atoms with van der Waals surface area (Å²) in [5, 5.41) is 0. The Labute approximate surface area is 98.2 Å². The highest BCUT2D eigenvalue weighted by Crippen LogP contribution is 2.18. The van der Waals surface area contributed by atoms with Gasteiger partial charge in [-0.15, -0.1) is 0 Å². The predicted molar refractivity (Wildman–Crippen MR) is 67.7 cm³/mol. The van der Waals surface area contributed by atoms with Crippen LogP contribution in [0.3, 0.4) is 0 Å². The first-order valence-corrected chi connectivity index (χ1v) is 5.75. The smallest absolute Gasteiger partial charge is 0.119 e. The topological polar surface area (TPSA) is 38.5 Å². The van der Waals surface area contributed by atoms with E-state index in [4.69, 9.17) is 10.5 Å². The molecule has 0 aliphatic heterocycles. The summed E-state index contributed by atoms with van der Waals surface area (Å²) in [7, 11) is 3.78. The zero-order chi connectivity index (χ0) is 12.0. The van der Waals surface area contributed by atoms with Crippen LogP contribution in [0.5, 0.6) is 5.75 Å². The van der Waals surface area contributed by atoms with Crippen molar-refractivity contribution < 1.29 is 4.74 Å². The monoisotopic (exact) mass is 222 g/mol. The van der Waals surface area contributed by atoms with Gasteiger partial charge in [-0.05, 0) is 37.7 Å². The van der Waals surface area contributed by atoms with Gasteiger partial charge in [0.05, 0.1) is 7.11 Å². The fourth-order valence-electron chi connectivity index (χ4n) is 1.79. The molecule has 1 unspecified atom stereocenters. The maximum Gasteiger partial charge on any atom is 0.119 e. The minimum atomic E-state index is 0.0478. The molecule has 1 aromatic rings. The Kier molecular flexibility index (Phi) is 5.29. The van der Waals surface area contributed by atoms with Crippen LogP contribution in [0.15, 0.2) is 24.3 Å². The molecule has 3 heteroatoms. The van der Waals surface area contributed by atoms with Crippen molar-refractivity contribution in [3.8, 4) is 5.75 Å². The van der Waals surface area contributed by atoms with Crippen molar-refractivity contribution in [1.82, 2.24) is 4.90 Å². The third-order valence-electron chi connectivity index (χ3n) is 2.64. The van der Waals surface area contributed by atoms with Gasteiger partial charge >= 0.3 is 0 Å². The quantitative estimate of drug-likeness (QED) is 0.800. The number of nitrogens with two attached hydrogens (primary N) is 1. The fraction of sp³-hybridized carbons (Fsp3) is 0.538. The van der Waals surface area contributed by atoms with Crippen molar-refractivity contribution in [2.75, 3.05) is 27.2 Å². The highest BCUT2D eigenvalue weighted by atomic mass is 16.5. The number of hydrogen-bond acceptors (Lipinski definition) is 3. The lowest BCUT2D eigenvalue weighted by Crippen LogP contribution is -2.29. The Balaban J connectivity index is 2.61. The summed E-state index contributed by atoms with van der Waals surface area (Å²) in [6, 6.07) is 8.02. The minimum Gasteiger partial charge on any atom is -0.497 e. The number of nitrogens with zero attached hydrogens (tertiary/aromatic N) is 1. The van der Waals surface area contributed by atoms with Crippen molar-refractivity contribution in [2.45, 2.75) is 19.4 Å². The first kappa shape index (κ1) is 13.0. The van der Waals surface area contributed by atoms with Gasteiger partial charge < -0.3 is 15.4 Å². The van der Waals surface area contributed by atoms with Crippen molar-refractivity contribution in [2.24, 2.45) is 5.73 Å². The lowest BCUT2D eigenvalue weighted by atomic mass is 10.1. The Morgan fingerprint density at radius 1 is 1.44 bits per heavy atom. The summed E-state index contributed by atoms with van der Waals surface area (Å²) in [5.74, 6) is 0.867. The molecule has 0 bridgehead atoms. The molecule has 0 saturated carbocycles. The molecule has 0 aliphatic rings. The highest BCUT2D eigenvalue weighted by Gasteiger charge is 2.09. The number of benzene rings is 1. The second-order valence-corrected chi connectivity index (χ2v) is 4.15. The lowest BCUT2D eigenvalue weighted by Gasteiger charge is -2.21. The van der Waals surface area contributed by atoms with Gasteiger partial charge in [0.2, 0.25) is 0 Å².